The SMILES string of the molecule is COCC(C)Nc1cccc(-c2noc(C)n2)c1. The minimum atomic E-state index is 0.247. The van der Waals surface area contributed by atoms with Gasteiger partial charge in [0, 0.05) is 31.3 Å². The van der Waals surface area contributed by atoms with E-state index in [9.17, 15) is 0 Å². The molecular formula is C13H17N3O2. The van der Waals surface area contributed by atoms with Crippen LogP contribution in [0.3, 0.4) is 0 Å². The fraction of sp³-hybridized carbons (Fsp3) is 0.385. The zero-order valence-electron chi connectivity index (χ0n) is 10.8. The predicted molar refractivity (Wildman–Crippen MR) is 69.4 cm³/mol. The van der Waals surface area contributed by atoms with Crippen molar-refractivity contribution in [2.45, 2.75) is 19.9 Å². The largest absolute Gasteiger partial charge is 0.383 e. The lowest BCUT2D eigenvalue weighted by Crippen LogP contribution is -2.20. The van der Waals surface area contributed by atoms with Crippen molar-refractivity contribution in [1.82, 2.24) is 10.1 Å². The molecule has 0 fully saturated rings. The summed E-state index contributed by atoms with van der Waals surface area (Å²) in [6.07, 6.45) is 0. The van der Waals surface area contributed by atoms with Gasteiger partial charge in [0.25, 0.3) is 0 Å². The molecule has 1 atom stereocenters. The lowest BCUT2D eigenvalue weighted by molar-refractivity contribution is 0.190. The van der Waals surface area contributed by atoms with Gasteiger partial charge in [-0.3, -0.25) is 0 Å². The zero-order valence-corrected chi connectivity index (χ0v) is 10.8. The van der Waals surface area contributed by atoms with Crippen molar-refractivity contribution in [2.75, 3.05) is 19.0 Å². The van der Waals surface area contributed by atoms with E-state index >= 15 is 0 Å². The lowest BCUT2D eigenvalue weighted by Gasteiger charge is -2.14. The highest BCUT2D eigenvalue weighted by atomic mass is 16.5. The van der Waals surface area contributed by atoms with E-state index in [0.717, 1.165) is 11.3 Å². The molecule has 1 N–H and O–H groups in total. The van der Waals surface area contributed by atoms with Crippen LogP contribution in [0.15, 0.2) is 28.8 Å². The standard InChI is InChI=1S/C13H17N3O2/c1-9(8-17-3)14-12-6-4-5-11(7-12)13-15-10(2)18-16-13/h4-7,9,14H,8H2,1-3H3. The van der Waals surface area contributed by atoms with E-state index < -0.39 is 0 Å². The lowest BCUT2D eigenvalue weighted by atomic mass is 10.2. The molecule has 0 aliphatic rings. The third-order valence-electron chi connectivity index (χ3n) is 2.48. The molecule has 0 aliphatic heterocycles. The second-order valence-corrected chi connectivity index (χ2v) is 4.22. The van der Waals surface area contributed by atoms with Crippen molar-refractivity contribution >= 4 is 5.69 Å². The van der Waals surface area contributed by atoms with Gasteiger partial charge in [-0.05, 0) is 19.1 Å². The molecule has 1 aromatic heterocycles. The first-order chi connectivity index (χ1) is 8.69. The Morgan fingerprint density at radius 1 is 1.44 bits per heavy atom. The van der Waals surface area contributed by atoms with Crippen LogP contribution in [0.25, 0.3) is 11.4 Å². The van der Waals surface area contributed by atoms with Gasteiger partial charge in [0.15, 0.2) is 0 Å². The van der Waals surface area contributed by atoms with Crippen molar-refractivity contribution in [3.63, 3.8) is 0 Å². The Morgan fingerprint density at radius 2 is 2.28 bits per heavy atom. The van der Waals surface area contributed by atoms with Crippen LogP contribution >= 0.6 is 0 Å². The number of ether oxygens (including phenoxy) is 1. The van der Waals surface area contributed by atoms with Gasteiger partial charge >= 0.3 is 0 Å². The number of nitrogens with one attached hydrogen (secondary N) is 1. The van der Waals surface area contributed by atoms with Crippen LogP contribution in [0.2, 0.25) is 0 Å². The van der Waals surface area contributed by atoms with Crippen molar-refractivity contribution in [3.8, 4) is 11.4 Å². The number of hydrogen-bond acceptors (Lipinski definition) is 5. The molecule has 0 bridgehead atoms. The van der Waals surface area contributed by atoms with Crippen molar-refractivity contribution in [2.24, 2.45) is 0 Å². The average Bonchev–Trinajstić information content (AvgIpc) is 2.76. The molecule has 0 saturated carbocycles. The van der Waals surface area contributed by atoms with Gasteiger partial charge in [0.1, 0.15) is 0 Å². The second kappa shape index (κ2) is 5.64. The average molecular weight is 247 g/mol. The minimum absolute atomic E-state index is 0.247. The van der Waals surface area contributed by atoms with E-state index in [0.29, 0.717) is 18.3 Å². The van der Waals surface area contributed by atoms with Crippen molar-refractivity contribution in [1.29, 1.82) is 0 Å². The van der Waals surface area contributed by atoms with Crippen molar-refractivity contribution in [3.05, 3.63) is 30.2 Å². The summed E-state index contributed by atoms with van der Waals surface area (Å²) in [6, 6.07) is 8.16. The molecule has 1 heterocycles. The normalized spacial score (nSPS) is 12.4. The molecule has 96 valence electrons. The Hall–Kier alpha value is -1.88. The summed E-state index contributed by atoms with van der Waals surface area (Å²) in [5.41, 5.74) is 1.95. The Bertz CT molecular complexity index is 510. The van der Waals surface area contributed by atoms with E-state index in [1.54, 1.807) is 14.0 Å². The molecule has 1 unspecified atom stereocenters. The van der Waals surface area contributed by atoms with Crippen molar-refractivity contribution < 1.29 is 9.26 Å². The molecule has 1 aromatic carbocycles. The monoisotopic (exact) mass is 247 g/mol. The summed E-state index contributed by atoms with van der Waals surface area (Å²) in [5, 5.41) is 7.25. The van der Waals surface area contributed by atoms with Gasteiger partial charge in [-0.25, -0.2) is 0 Å². The molecule has 18 heavy (non-hydrogen) atoms. The Balaban J connectivity index is 2.15. The van der Waals surface area contributed by atoms with Crippen LogP contribution in [-0.4, -0.2) is 29.9 Å². The first-order valence-corrected chi connectivity index (χ1v) is 5.85. The number of aryl methyl sites for hydroxylation is 1. The molecule has 5 heteroatoms. The second-order valence-electron chi connectivity index (χ2n) is 4.22. The van der Waals surface area contributed by atoms with Crippen LogP contribution in [0, 0.1) is 6.92 Å². The predicted octanol–water partition coefficient (Wildman–Crippen LogP) is 2.49. The summed E-state index contributed by atoms with van der Waals surface area (Å²) in [6.45, 7) is 4.50. The maximum absolute atomic E-state index is 5.09. The summed E-state index contributed by atoms with van der Waals surface area (Å²) in [4.78, 5) is 4.21. The molecule has 2 rings (SSSR count). The molecule has 0 saturated heterocycles. The molecule has 0 spiro atoms. The number of benzene rings is 1. The van der Waals surface area contributed by atoms with Crippen LogP contribution in [-0.2, 0) is 4.74 Å². The van der Waals surface area contributed by atoms with Gasteiger partial charge in [-0.15, -0.1) is 0 Å². The van der Waals surface area contributed by atoms with Crippen LogP contribution in [0.4, 0.5) is 5.69 Å². The summed E-state index contributed by atoms with van der Waals surface area (Å²) in [5.74, 6) is 1.17. The highest BCUT2D eigenvalue weighted by Gasteiger charge is 2.07. The van der Waals surface area contributed by atoms with E-state index in [4.69, 9.17) is 9.26 Å². The third-order valence-corrected chi connectivity index (χ3v) is 2.48. The molecular weight excluding hydrogens is 230 g/mol. The van der Waals surface area contributed by atoms with Gasteiger partial charge < -0.3 is 14.6 Å². The smallest absolute Gasteiger partial charge is 0.223 e. The molecule has 0 amide bonds. The first-order valence-electron chi connectivity index (χ1n) is 5.85. The number of hydrogen-bond donors (Lipinski definition) is 1. The van der Waals surface area contributed by atoms with Gasteiger partial charge in [-0.1, -0.05) is 17.3 Å². The summed E-state index contributed by atoms with van der Waals surface area (Å²) in [7, 11) is 1.69. The highest BCUT2D eigenvalue weighted by molar-refractivity contribution is 5.62. The highest BCUT2D eigenvalue weighted by Crippen LogP contribution is 2.20. The zero-order chi connectivity index (χ0) is 13.0. The molecule has 0 radical (unpaired) electrons. The van der Waals surface area contributed by atoms with Crippen LogP contribution < -0.4 is 5.32 Å². The van der Waals surface area contributed by atoms with Gasteiger partial charge in [0.2, 0.25) is 11.7 Å². The Labute approximate surface area is 106 Å². The Kier molecular flexibility index (Phi) is 3.94. The molecule has 5 nitrogen and oxygen atoms in total. The number of anilines is 1. The summed E-state index contributed by atoms with van der Waals surface area (Å²) >= 11 is 0. The van der Waals surface area contributed by atoms with Gasteiger partial charge in [0.05, 0.1) is 6.61 Å². The third kappa shape index (κ3) is 3.07. The van der Waals surface area contributed by atoms with Crippen LogP contribution in [0.5, 0.6) is 0 Å². The maximum Gasteiger partial charge on any atom is 0.223 e. The van der Waals surface area contributed by atoms with E-state index in [-0.39, 0.29) is 6.04 Å². The fourth-order valence-corrected chi connectivity index (χ4v) is 1.74. The Morgan fingerprint density at radius 3 is 2.94 bits per heavy atom. The topological polar surface area (TPSA) is 60.2 Å². The minimum Gasteiger partial charge on any atom is -0.383 e. The number of rotatable bonds is 5. The van der Waals surface area contributed by atoms with E-state index in [2.05, 4.69) is 22.4 Å². The summed E-state index contributed by atoms with van der Waals surface area (Å²) < 4.78 is 10.1. The first kappa shape index (κ1) is 12.6. The maximum atomic E-state index is 5.09. The fourth-order valence-electron chi connectivity index (χ4n) is 1.74. The molecule has 2 aromatic rings. The quantitative estimate of drug-likeness (QED) is 0.879. The number of aromatic nitrogens is 2. The van der Waals surface area contributed by atoms with Crippen LogP contribution in [0.1, 0.15) is 12.8 Å². The van der Waals surface area contributed by atoms with E-state index in [1.165, 1.54) is 0 Å². The number of methoxy groups -OCH3 is 1. The number of nitrogens with zero attached hydrogens (tertiary/aromatic N) is 2. The van der Waals surface area contributed by atoms with Gasteiger partial charge in [-0.2, -0.15) is 4.98 Å². The van der Waals surface area contributed by atoms with E-state index in [1.807, 2.05) is 24.3 Å². The molecule has 0 aliphatic carbocycles.